The minimum absolute atomic E-state index is 0.957. The number of aromatic nitrogens is 2. The van der Waals surface area contributed by atoms with Crippen LogP contribution in [0.1, 0.15) is 0 Å². The smallest absolute Gasteiger partial charge is 0.101 e. The Hall–Kier alpha value is -8.27. The summed E-state index contributed by atoms with van der Waals surface area (Å²) in [7, 11) is 0. The van der Waals surface area contributed by atoms with Crippen molar-refractivity contribution in [2.24, 2.45) is 0 Å². The van der Waals surface area contributed by atoms with E-state index >= 15 is 0 Å². The van der Waals surface area contributed by atoms with Crippen LogP contribution in [0.15, 0.2) is 249 Å². The van der Waals surface area contributed by atoms with E-state index in [0.29, 0.717) is 0 Å². The quantitative estimate of drug-likeness (QED) is 0.145. The average Bonchev–Trinajstić information content (AvgIpc) is 3.77. The number of nitrogens with zero attached hydrogens (tertiary/aromatic N) is 3. The Balaban J connectivity index is 1.08. The number of benzene rings is 9. The molecular weight excluding hydrogens is 751 g/mol. The molecule has 0 radical (unpaired) electrons. The third-order valence-corrected chi connectivity index (χ3v) is 11.8. The zero-order valence-electron chi connectivity index (χ0n) is 34.0. The van der Waals surface area contributed by atoms with Gasteiger partial charge in [-0.1, -0.05) is 206 Å². The molecule has 0 N–H and O–H groups in total. The summed E-state index contributed by atoms with van der Waals surface area (Å²) in [6.07, 6.45) is 0. The summed E-state index contributed by atoms with van der Waals surface area (Å²) in [6.45, 7) is 0. The molecule has 0 amide bonds. The maximum absolute atomic E-state index is 5.49. The molecule has 0 saturated carbocycles. The zero-order chi connectivity index (χ0) is 41.2. The van der Waals surface area contributed by atoms with Crippen molar-refractivity contribution in [2.75, 3.05) is 4.90 Å². The second-order valence-electron chi connectivity index (χ2n) is 15.6. The van der Waals surface area contributed by atoms with Gasteiger partial charge in [0.25, 0.3) is 0 Å². The van der Waals surface area contributed by atoms with Gasteiger partial charge >= 0.3 is 0 Å². The van der Waals surface area contributed by atoms with Crippen LogP contribution in [-0.4, -0.2) is 9.61 Å². The highest BCUT2D eigenvalue weighted by Crippen LogP contribution is 2.45. The molecule has 11 aromatic rings. The molecule has 0 aliphatic rings. The minimum atomic E-state index is 0.957. The monoisotopic (exact) mass is 791 g/mol. The van der Waals surface area contributed by atoms with Crippen LogP contribution in [0.25, 0.3) is 83.3 Å². The van der Waals surface area contributed by atoms with Gasteiger partial charge in [-0.05, 0) is 86.8 Å². The third kappa shape index (κ3) is 6.82. The molecule has 2 aromatic heterocycles. The van der Waals surface area contributed by atoms with Crippen LogP contribution in [0.3, 0.4) is 0 Å². The molecule has 0 bridgehead atoms. The van der Waals surface area contributed by atoms with Crippen molar-refractivity contribution in [2.45, 2.75) is 0 Å². The predicted molar refractivity (Wildman–Crippen MR) is 260 cm³/mol. The fourth-order valence-electron chi connectivity index (χ4n) is 8.82. The van der Waals surface area contributed by atoms with E-state index in [1.807, 2.05) is 0 Å². The van der Waals surface area contributed by atoms with Crippen LogP contribution in [0.4, 0.5) is 17.1 Å². The van der Waals surface area contributed by atoms with Gasteiger partial charge in [-0.15, -0.1) is 0 Å². The van der Waals surface area contributed by atoms with E-state index in [1.54, 1.807) is 0 Å². The van der Waals surface area contributed by atoms with Crippen molar-refractivity contribution in [3.8, 4) is 67.0 Å². The molecule has 0 saturated heterocycles. The second-order valence-corrected chi connectivity index (χ2v) is 15.6. The van der Waals surface area contributed by atoms with Gasteiger partial charge in [0.2, 0.25) is 0 Å². The molecule has 3 nitrogen and oxygen atoms in total. The Morgan fingerprint density at radius 1 is 0.323 bits per heavy atom. The molecule has 3 heteroatoms. The summed E-state index contributed by atoms with van der Waals surface area (Å²) in [6, 6.07) is 88.8. The average molecular weight is 792 g/mol. The standard InChI is InChI=1S/C59H41N3/c1-6-17-42(18-7-1)44-29-35-51(36-30-44)61(52-37-31-45(32-38-52)43-19-8-2-9-20-43)53-39-33-46(34-40-53)54-28-16-27-50-41-55(47-21-10-3-11-22-47)62-59(56(50)54)57(48-23-12-4-13-24-48)58(60-62)49-25-14-5-15-26-49/h1-41H. The number of fused-ring (bicyclic) bond motifs is 3. The Morgan fingerprint density at radius 3 is 1.21 bits per heavy atom. The van der Waals surface area contributed by atoms with Gasteiger partial charge in [0.15, 0.2) is 0 Å². The lowest BCUT2D eigenvalue weighted by Gasteiger charge is -2.26. The van der Waals surface area contributed by atoms with Crippen molar-refractivity contribution < 1.29 is 0 Å². The van der Waals surface area contributed by atoms with E-state index in [9.17, 15) is 0 Å². The summed E-state index contributed by atoms with van der Waals surface area (Å²) >= 11 is 0. The van der Waals surface area contributed by atoms with Crippen molar-refractivity contribution in [3.63, 3.8) is 0 Å². The molecule has 0 unspecified atom stereocenters. The van der Waals surface area contributed by atoms with E-state index in [-0.39, 0.29) is 0 Å². The predicted octanol–water partition coefficient (Wildman–Crippen LogP) is 16.0. The van der Waals surface area contributed by atoms with Gasteiger partial charge in [-0.2, -0.15) is 5.10 Å². The van der Waals surface area contributed by atoms with Crippen LogP contribution < -0.4 is 4.90 Å². The van der Waals surface area contributed by atoms with Crippen LogP contribution in [-0.2, 0) is 0 Å². The van der Waals surface area contributed by atoms with E-state index in [2.05, 4.69) is 258 Å². The van der Waals surface area contributed by atoms with Gasteiger partial charge in [0.1, 0.15) is 5.69 Å². The molecule has 62 heavy (non-hydrogen) atoms. The fraction of sp³-hybridized carbons (Fsp3) is 0. The molecule has 9 aromatic carbocycles. The van der Waals surface area contributed by atoms with Crippen LogP contribution in [0.2, 0.25) is 0 Å². The normalized spacial score (nSPS) is 11.2. The summed E-state index contributed by atoms with van der Waals surface area (Å²) in [5, 5.41) is 7.81. The molecule has 0 atom stereocenters. The number of pyridine rings is 1. The molecule has 0 spiro atoms. The van der Waals surface area contributed by atoms with Gasteiger partial charge in [-0.25, -0.2) is 4.52 Å². The van der Waals surface area contributed by atoms with Crippen molar-refractivity contribution in [3.05, 3.63) is 249 Å². The first kappa shape index (κ1) is 36.8. The molecule has 11 rings (SSSR count). The topological polar surface area (TPSA) is 20.5 Å². The van der Waals surface area contributed by atoms with Crippen LogP contribution in [0.5, 0.6) is 0 Å². The lowest BCUT2D eigenvalue weighted by Crippen LogP contribution is -2.09. The van der Waals surface area contributed by atoms with Crippen LogP contribution >= 0.6 is 0 Å². The van der Waals surface area contributed by atoms with E-state index in [4.69, 9.17) is 5.10 Å². The minimum Gasteiger partial charge on any atom is -0.311 e. The highest BCUT2D eigenvalue weighted by Gasteiger charge is 2.23. The van der Waals surface area contributed by atoms with Crippen molar-refractivity contribution in [1.29, 1.82) is 0 Å². The van der Waals surface area contributed by atoms with Gasteiger partial charge < -0.3 is 4.90 Å². The Kier molecular flexibility index (Phi) is 9.53. The molecule has 2 heterocycles. The largest absolute Gasteiger partial charge is 0.311 e. The van der Waals surface area contributed by atoms with Gasteiger partial charge in [0, 0.05) is 39.1 Å². The van der Waals surface area contributed by atoms with Crippen molar-refractivity contribution >= 4 is 33.4 Å². The Bertz CT molecular complexity index is 3190. The van der Waals surface area contributed by atoms with E-state index in [1.165, 1.54) is 27.6 Å². The number of hydrogen-bond donors (Lipinski definition) is 0. The van der Waals surface area contributed by atoms with E-state index < -0.39 is 0 Å². The van der Waals surface area contributed by atoms with Gasteiger partial charge in [-0.3, -0.25) is 0 Å². The lowest BCUT2D eigenvalue weighted by molar-refractivity contribution is 0.980. The SMILES string of the molecule is c1ccc(-c2ccc(N(c3ccc(-c4ccccc4)cc3)c3ccc(-c4cccc5cc(-c6ccccc6)n6nc(-c7ccccc7)c(-c7ccccc7)c6c45)cc3)cc2)cc1. The maximum atomic E-state index is 5.49. The first-order chi connectivity index (χ1) is 30.8. The summed E-state index contributed by atoms with van der Waals surface area (Å²) in [4.78, 5) is 2.34. The molecule has 292 valence electrons. The number of rotatable bonds is 9. The Labute approximate surface area is 362 Å². The number of anilines is 3. The Morgan fingerprint density at radius 2 is 0.726 bits per heavy atom. The fourth-order valence-corrected chi connectivity index (χ4v) is 8.82. The van der Waals surface area contributed by atoms with Gasteiger partial charge in [0.05, 0.1) is 11.2 Å². The van der Waals surface area contributed by atoms with Crippen LogP contribution in [0, 0.1) is 0 Å². The molecule has 0 fully saturated rings. The lowest BCUT2D eigenvalue weighted by atomic mass is 9.92. The van der Waals surface area contributed by atoms with Crippen molar-refractivity contribution in [1.82, 2.24) is 9.61 Å². The zero-order valence-corrected chi connectivity index (χ0v) is 34.0. The molecule has 0 aliphatic heterocycles. The third-order valence-electron chi connectivity index (χ3n) is 11.8. The summed E-state index contributed by atoms with van der Waals surface area (Å²) < 4.78 is 2.18. The highest BCUT2D eigenvalue weighted by atomic mass is 15.2. The first-order valence-corrected chi connectivity index (χ1v) is 21.1. The molecule has 0 aliphatic carbocycles. The number of hydrogen-bond acceptors (Lipinski definition) is 2. The summed E-state index contributed by atoms with van der Waals surface area (Å²) in [5.74, 6) is 0. The summed E-state index contributed by atoms with van der Waals surface area (Å²) in [5.41, 5.74) is 17.9. The second kappa shape index (κ2) is 16.1. The van der Waals surface area contributed by atoms with E-state index in [0.717, 1.165) is 72.7 Å². The highest BCUT2D eigenvalue weighted by molar-refractivity contribution is 6.14. The first-order valence-electron chi connectivity index (χ1n) is 21.1. The molecular formula is C59H41N3. The maximum Gasteiger partial charge on any atom is 0.101 e.